The molecular weight excluding hydrogens is 452 g/mol. The lowest BCUT2D eigenvalue weighted by Gasteiger charge is -2.29. The van der Waals surface area contributed by atoms with E-state index in [4.69, 9.17) is 12.2 Å². The van der Waals surface area contributed by atoms with Crippen molar-refractivity contribution in [3.05, 3.63) is 31.9 Å². The second kappa shape index (κ2) is 11.8. The molecule has 0 aliphatic carbocycles. The summed E-state index contributed by atoms with van der Waals surface area (Å²) in [5, 5.41) is 9.82. The zero-order valence-electron chi connectivity index (χ0n) is 20.0. The monoisotopic (exact) mass is 486 g/mol. The van der Waals surface area contributed by atoms with Crippen LogP contribution in [-0.2, 0) is 11.3 Å². The minimum absolute atomic E-state index is 0.0792. The Morgan fingerprint density at radius 1 is 1.06 bits per heavy atom. The molecule has 0 saturated carbocycles. The summed E-state index contributed by atoms with van der Waals surface area (Å²) >= 11 is 6.81. The molecular formula is C25H34N4O2S2. The number of unbranched alkanes of at least 4 members (excludes halogenated alkanes) is 2. The van der Waals surface area contributed by atoms with Crippen molar-refractivity contribution in [2.45, 2.75) is 78.7 Å². The number of pyridine rings is 1. The number of rotatable bonds is 8. The van der Waals surface area contributed by atoms with Crippen LogP contribution in [0.3, 0.4) is 0 Å². The number of nitrogens with zero attached hydrogens (tertiary/aromatic N) is 4. The minimum Gasteiger partial charge on any atom is -0.357 e. The Hall–Kier alpha value is -2.11. The summed E-state index contributed by atoms with van der Waals surface area (Å²) in [6.07, 6.45) is 10.1. The fraction of sp³-hybridized carbons (Fsp3) is 0.600. The number of aromatic nitrogens is 1. The van der Waals surface area contributed by atoms with Crippen molar-refractivity contribution in [1.29, 1.82) is 5.26 Å². The van der Waals surface area contributed by atoms with Crippen molar-refractivity contribution < 1.29 is 4.79 Å². The fourth-order valence-corrected chi connectivity index (χ4v) is 5.72. The van der Waals surface area contributed by atoms with Gasteiger partial charge in [0.15, 0.2) is 0 Å². The molecule has 2 saturated heterocycles. The summed E-state index contributed by atoms with van der Waals surface area (Å²) in [6, 6.07) is 2.14. The van der Waals surface area contributed by atoms with Crippen molar-refractivity contribution in [3.8, 4) is 6.07 Å². The highest BCUT2D eigenvalue weighted by molar-refractivity contribution is 8.26. The number of nitriles is 1. The molecule has 178 valence electrons. The van der Waals surface area contributed by atoms with Crippen LogP contribution in [0.4, 0.5) is 5.82 Å². The van der Waals surface area contributed by atoms with Crippen LogP contribution >= 0.6 is 24.0 Å². The number of amides is 1. The Morgan fingerprint density at radius 2 is 1.70 bits per heavy atom. The van der Waals surface area contributed by atoms with Gasteiger partial charge >= 0.3 is 0 Å². The van der Waals surface area contributed by atoms with Crippen LogP contribution < -0.4 is 10.5 Å². The van der Waals surface area contributed by atoms with Crippen LogP contribution in [0.25, 0.3) is 6.08 Å². The van der Waals surface area contributed by atoms with E-state index in [1.54, 1.807) is 9.47 Å². The van der Waals surface area contributed by atoms with Gasteiger partial charge < -0.3 is 4.90 Å². The van der Waals surface area contributed by atoms with E-state index >= 15 is 0 Å². The lowest BCUT2D eigenvalue weighted by Crippen LogP contribution is -2.35. The summed E-state index contributed by atoms with van der Waals surface area (Å²) in [7, 11) is 0. The van der Waals surface area contributed by atoms with Crippen molar-refractivity contribution in [2.75, 3.05) is 24.5 Å². The van der Waals surface area contributed by atoms with Crippen molar-refractivity contribution in [3.63, 3.8) is 0 Å². The smallest absolute Gasteiger partial charge is 0.270 e. The zero-order chi connectivity index (χ0) is 24.0. The number of thioether (sulfide) groups is 1. The van der Waals surface area contributed by atoms with Gasteiger partial charge in [-0.25, -0.2) is 0 Å². The molecule has 0 aromatic carbocycles. The van der Waals surface area contributed by atoms with E-state index in [0.29, 0.717) is 27.9 Å². The maximum Gasteiger partial charge on any atom is 0.270 e. The van der Waals surface area contributed by atoms with E-state index in [9.17, 15) is 14.9 Å². The van der Waals surface area contributed by atoms with Gasteiger partial charge in [-0.1, -0.05) is 63.5 Å². The second-order valence-corrected chi connectivity index (χ2v) is 10.4. The molecule has 1 aromatic heterocycles. The van der Waals surface area contributed by atoms with Crippen LogP contribution in [-0.4, -0.2) is 39.3 Å². The highest BCUT2D eigenvalue weighted by atomic mass is 32.2. The minimum atomic E-state index is -0.227. The van der Waals surface area contributed by atoms with Gasteiger partial charge in [-0.15, -0.1) is 0 Å². The SMILES string of the molecule is CCCCN1C(=O)C(=Cc2c(C)c(C#N)c(=O)n(CCCC)c2N2CCCCCC2)SC1=S. The Morgan fingerprint density at radius 3 is 2.30 bits per heavy atom. The molecule has 33 heavy (non-hydrogen) atoms. The van der Waals surface area contributed by atoms with Gasteiger partial charge in [0.25, 0.3) is 11.5 Å². The maximum atomic E-state index is 13.3. The van der Waals surface area contributed by atoms with Gasteiger partial charge in [0, 0.05) is 31.7 Å². The first-order valence-electron chi connectivity index (χ1n) is 12.1. The molecule has 3 rings (SSSR count). The number of thiocarbonyl (C=S) groups is 1. The van der Waals surface area contributed by atoms with Crippen LogP contribution in [0, 0.1) is 18.3 Å². The van der Waals surface area contributed by atoms with E-state index < -0.39 is 0 Å². The van der Waals surface area contributed by atoms with Crippen molar-refractivity contribution in [1.82, 2.24) is 9.47 Å². The lowest BCUT2D eigenvalue weighted by atomic mass is 10.0. The normalized spacial score (nSPS) is 18.2. The summed E-state index contributed by atoms with van der Waals surface area (Å²) < 4.78 is 2.36. The molecule has 0 bridgehead atoms. The average Bonchev–Trinajstić information content (AvgIpc) is 2.97. The van der Waals surface area contributed by atoms with Gasteiger partial charge in [-0.3, -0.25) is 19.1 Å². The standard InChI is InChI=1S/C25H34N4O2S2/c1-4-6-14-28-22(27-12-10-8-9-11-13-27)19(18(3)20(17-26)23(28)30)16-21-24(31)29(15-7-5-2)25(32)33-21/h16H,4-15H2,1-3H3. The fourth-order valence-electron chi connectivity index (χ4n) is 4.43. The van der Waals surface area contributed by atoms with Gasteiger partial charge in [-0.05, 0) is 44.2 Å². The molecule has 1 amide bonds. The Labute approximate surface area is 206 Å². The predicted octanol–water partition coefficient (Wildman–Crippen LogP) is 5.21. The van der Waals surface area contributed by atoms with E-state index in [-0.39, 0.29) is 17.0 Å². The topological polar surface area (TPSA) is 69.3 Å². The van der Waals surface area contributed by atoms with Gasteiger partial charge in [0.05, 0.1) is 4.91 Å². The van der Waals surface area contributed by atoms with Gasteiger partial charge in [0.2, 0.25) is 0 Å². The molecule has 6 nitrogen and oxygen atoms in total. The molecule has 8 heteroatoms. The molecule has 0 unspecified atom stereocenters. The zero-order valence-corrected chi connectivity index (χ0v) is 21.6. The Bertz CT molecular complexity index is 1030. The van der Waals surface area contributed by atoms with E-state index in [2.05, 4.69) is 24.8 Å². The van der Waals surface area contributed by atoms with E-state index in [0.717, 1.165) is 63.0 Å². The first-order valence-corrected chi connectivity index (χ1v) is 13.3. The number of hydrogen-bond donors (Lipinski definition) is 0. The van der Waals surface area contributed by atoms with Crippen molar-refractivity contribution in [2.24, 2.45) is 0 Å². The molecule has 3 heterocycles. The molecule has 2 fully saturated rings. The molecule has 0 N–H and O–H groups in total. The third kappa shape index (κ3) is 5.52. The van der Waals surface area contributed by atoms with Crippen LogP contribution in [0.5, 0.6) is 0 Å². The number of carbonyl (C=O) groups is 1. The Kier molecular flexibility index (Phi) is 9.16. The second-order valence-electron chi connectivity index (χ2n) is 8.75. The Balaban J connectivity index is 2.19. The first kappa shape index (κ1) is 25.5. The van der Waals surface area contributed by atoms with Gasteiger partial charge in [0.1, 0.15) is 21.8 Å². The summed E-state index contributed by atoms with van der Waals surface area (Å²) in [5.74, 6) is 0.773. The quantitative estimate of drug-likeness (QED) is 0.371. The largest absolute Gasteiger partial charge is 0.357 e. The average molecular weight is 487 g/mol. The maximum absolute atomic E-state index is 13.3. The number of anilines is 1. The van der Waals surface area contributed by atoms with E-state index in [1.165, 1.54) is 24.6 Å². The van der Waals surface area contributed by atoms with Crippen LogP contribution in [0.15, 0.2) is 9.70 Å². The third-order valence-corrected chi connectivity index (χ3v) is 7.75. The molecule has 2 aliphatic rings. The highest BCUT2D eigenvalue weighted by Gasteiger charge is 2.33. The summed E-state index contributed by atoms with van der Waals surface area (Å²) in [6.45, 7) is 8.94. The van der Waals surface area contributed by atoms with Crippen LogP contribution in [0.2, 0.25) is 0 Å². The predicted molar refractivity (Wildman–Crippen MR) is 141 cm³/mol. The number of carbonyl (C=O) groups excluding carboxylic acids is 1. The summed E-state index contributed by atoms with van der Waals surface area (Å²) in [4.78, 5) is 31.0. The molecule has 0 radical (unpaired) electrons. The van der Waals surface area contributed by atoms with E-state index in [1.807, 2.05) is 13.0 Å². The lowest BCUT2D eigenvalue weighted by molar-refractivity contribution is -0.122. The third-order valence-electron chi connectivity index (χ3n) is 6.37. The summed E-state index contributed by atoms with van der Waals surface area (Å²) in [5.41, 5.74) is 1.39. The van der Waals surface area contributed by atoms with Crippen LogP contribution in [0.1, 0.15) is 81.9 Å². The van der Waals surface area contributed by atoms with Crippen molar-refractivity contribution >= 4 is 46.1 Å². The first-order chi connectivity index (χ1) is 15.9. The molecule has 1 aromatic rings. The molecule has 0 atom stereocenters. The number of hydrogen-bond acceptors (Lipinski definition) is 6. The highest BCUT2D eigenvalue weighted by Crippen LogP contribution is 2.36. The molecule has 2 aliphatic heterocycles. The molecule has 0 spiro atoms. The van der Waals surface area contributed by atoms with Gasteiger partial charge in [-0.2, -0.15) is 5.26 Å².